The molecule has 0 amide bonds. The van der Waals surface area contributed by atoms with Crippen LogP contribution in [0.2, 0.25) is 0 Å². The smallest absolute Gasteiger partial charge is 0.271 e. The molecule has 0 spiro atoms. The van der Waals surface area contributed by atoms with E-state index in [9.17, 15) is 18.5 Å². The van der Waals surface area contributed by atoms with Crippen LogP contribution in [-0.2, 0) is 10.0 Å². The van der Waals surface area contributed by atoms with E-state index in [1.807, 2.05) is 12.1 Å². The summed E-state index contributed by atoms with van der Waals surface area (Å²) in [5.41, 5.74) is 0.915. The standard InChI is InChI=1S/C18H21N3O5S/c1-26-17-10-9-14(21(22)23)13-18(17)27(24,25)19-15-7-3-4-8-16(15)20-11-5-2-6-12-20/h3-4,7-10,13,19H,2,5-6,11-12H2,1H3. The second kappa shape index (κ2) is 7.83. The average molecular weight is 391 g/mol. The van der Waals surface area contributed by atoms with Crippen LogP contribution in [-0.4, -0.2) is 33.5 Å². The van der Waals surface area contributed by atoms with Gasteiger partial charge in [0.05, 0.1) is 23.4 Å². The highest BCUT2D eigenvalue weighted by Crippen LogP contribution is 2.33. The maximum absolute atomic E-state index is 13.0. The zero-order chi connectivity index (χ0) is 19.4. The van der Waals surface area contributed by atoms with Gasteiger partial charge in [0.15, 0.2) is 0 Å². The molecule has 8 nitrogen and oxygen atoms in total. The fourth-order valence-electron chi connectivity index (χ4n) is 3.16. The third-order valence-corrected chi connectivity index (χ3v) is 5.88. The van der Waals surface area contributed by atoms with Crippen molar-refractivity contribution in [3.63, 3.8) is 0 Å². The third kappa shape index (κ3) is 4.13. The highest BCUT2D eigenvalue weighted by molar-refractivity contribution is 7.92. The summed E-state index contributed by atoms with van der Waals surface area (Å²) in [4.78, 5) is 12.3. The molecule has 0 radical (unpaired) electrons. The molecule has 9 heteroatoms. The topological polar surface area (TPSA) is 102 Å². The lowest BCUT2D eigenvalue weighted by atomic mass is 10.1. The van der Waals surface area contributed by atoms with Gasteiger partial charge in [0.2, 0.25) is 0 Å². The van der Waals surface area contributed by atoms with Gasteiger partial charge in [0.25, 0.3) is 15.7 Å². The number of nitrogens with one attached hydrogen (secondary N) is 1. The van der Waals surface area contributed by atoms with Crippen molar-refractivity contribution in [3.05, 3.63) is 52.6 Å². The Labute approximate surface area is 158 Å². The monoisotopic (exact) mass is 391 g/mol. The summed E-state index contributed by atoms with van der Waals surface area (Å²) in [6.45, 7) is 1.72. The van der Waals surface area contributed by atoms with Gasteiger partial charge in [-0.25, -0.2) is 8.42 Å². The summed E-state index contributed by atoms with van der Waals surface area (Å²) >= 11 is 0. The fourth-order valence-corrected chi connectivity index (χ4v) is 4.42. The van der Waals surface area contributed by atoms with Crippen LogP contribution in [0.5, 0.6) is 5.75 Å². The molecule has 144 valence electrons. The number of non-ortho nitro benzene ring substituents is 1. The molecule has 1 aliphatic heterocycles. The van der Waals surface area contributed by atoms with Crippen molar-refractivity contribution in [3.8, 4) is 5.75 Å². The lowest BCUT2D eigenvalue weighted by Gasteiger charge is -2.30. The molecule has 0 saturated carbocycles. The van der Waals surface area contributed by atoms with E-state index in [0.717, 1.165) is 44.1 Å². The van der Waals surface area contributed by atoms with E-state index >= 15 is 0 Å². The van der Waals surface area contributed by atoms with Crippen LogP contribution in [0.25, 0.3) is 0 Å². The molecule has 0 unspecified atom stereocenters. The summed E-state index contributed by atoms with van der Waals surface area (Å²) in [6.07, 6.45) is 3.27. The Morgan fingerprint density at radius 1 is 1.11 bits per heavy atom. The Hall–Kier alpha value is -2.81. The van der Waals surface area contributed by atoms with Crippen LogP contribution >= 0.6 is 0 Å². The number of sulfonamides is 1. The Bertz CT molecular complexity index is 940. The van der Waals surface area contributed by atoms with Crippen LogP contribution in [0.15, 0.2) is 47.4 Å². The average Bonchev–Trinajstić information content (AvgIpc) is 2.68. The maximum atomic E-state index is 13.0. The first-order valence-electron chi connectivity index (χ1n) is 8.61. The highest BCUT2D eigenvalue weighted by Gasteiger charge is 2.25. The predicted octanol–water partition coefficient (Wildman–Crippen LogP) is 3.39. The van der Waals surface area contributed by atoms with Crippen molar-refractivity contribution in [1.82, 2.24) is 0 Å². The lowest BCUT2D eigenvalue weighted by molar-refractivity contribution is -0.385. The number of nitrogens with zero attached hydrogens (tertiary/aromatic N) is 2. The number of hydrogen-bond donors (Lipinski definition) is 1. The number of ether oxygens (including phenoxy) is 1. The third-order valence-electron chi connectivity index (χ3n) is 4.49. The number of benzene rings is 2. The van der Waals surface area contributed by atoms with Gasteiger partial charge in [0, 0.05) is 25.2 Å². The second-order valence-corrected chi connectivity index (χ2v) is 7.91. The van der Waals surface area contributed by atoms with Crippen molar-refractivity contribution in [2.45, 2.75) is 24.2 Å². The molecule has 2 aromatic rings. The molecule has 0 aliphatic carbocycles. The van der Waals surface area contributed by atoms with E-state index in [2.05, 4.69) is 9.62 Å². The van der Waals surface area contributed by atoms with Gasteiger partial charge < -0.3 is 9.64 Å². The number of piperidine rings is 1. The number of nitro benzene ring substituents is 1. The second-order valence-electron chi connectivity index (χ2n) is 6.26. The number of para-hydroxylation sites is 2. The van der Waals surface area contributed by atoms with Gasteiger partial charge in [-0.2, -0.15) is 0 Å². The van der Waals surface area contributed by atoms with Gasteiger partial charge in [-0.15, -0.1) is 0 Å². The number of rotatable bonds is 6. The number of methoxy groups -OCH3 is 1. The van der Waals surface area contributed by atoms with Crippen LogP contribution in [0.1, 0.15) is 19.3 Å². The summed E-state index contributed by atoms with van der Waals surface area (Å²) in [5.74, 6) is 0.0450. The first kappa shape index (κ1) is 19.0. The van der Waals surface area contributed by atoms with Gasteiger partial charge in [-0.3, -0.25) is 14.8 Å². The molecule has 0 bridgehead atoms. The minimum atomic E-state index is -4.08. The Morgan fingerprint density at radius 3 is 2.48 bits per heavy atom. The summed E-state index contributed by atoms with van der Waals surface area (Å²) < 4.78 is 33.6. The molecule has 3 rings (SSSR count). The number of hydrogen-bond acceptors (Lipinski definition) is 6. The SMILES string of the molecule is COc1ccc([N+](=O)[O-])cc1S(=O)(=O)Nc1ccccc1N1CCCCC1. The number of anilines is 2. The first-order chi connectivity index (χ1) is 12.9. The molecule has 0 atom stereocenters. The van der Waals surface area contributed by atoms with Gasteiger partial charge in [0.1, 0.15) is 10.6 Å². The van der Waals surface area contributed by atoms with Crippen molar-refractivity contribution >= 4 is 27.1 Å². The summed E-state index contributed by atoms with van der Waals surface area (Å²) in [5, 5.41) is 11.0. The molecule has 1 N–H and O–H groups in total. The van der Waals surface area contributed by atoms with Gasteiger partial charge >= 0.3 is 0 Å². The summed E-state index contributed by atoms with van der Waals surface area (Å²) in [6, 6.07) is 10.7. The van der Waals surface area contributed by atoms with Gasteiger partial charge in [-0.1, -0.05) is 12.1 Å². The Kier molecular flexibility index (Phi) is 5.50. The number of nitro groups is 1. The lowest BCUT2D eigenvalue weighted by Crippen LogP contribution is -2.30. The van der Waals surface area contributed by atoms with E-state index in [1.54, 1.807) is 12.1 Å². The Balaban J connectivity index is 1.98. The van der Waals surface area contributed by atoms with E-state index < -0.39 is 14.9 Å². The molecule has 1 aliphatic rings. The van der Waals surface area contributed by atoms with Crippen LogP contribution < -0.4 is 14.4 Å². The van der Waals surface area contributed by atoms with Crippen molar-refractivity contribution in [2.24, 2.45) is 0 Å². The molecule has 0 aromatic heterocycles. The molecule has 1 fully saturated rings. The highest BCUT2D eigenvalue weighted by atomic mass is 32.2. The molecule has 27 heavy (non-hydrogen) atoms. The maximum Gasteiger partial charge on any atom is 0.271 e. The Morgan fingerprint density at radius 2 is 1.81 bits per heavy atom. The van der Waals surface area contributed by atoms with Crippen molar-refractivity contribution < 1.29 is 18.1 Å². The van der Waals surface area contributed by atoms with Crippen LogP contribution in [0.3, 0.4) is 0 Å². The molecule has 2 aromatic carbocycles. The minimum Gasteiger partial charge on any atom is -0.495 e. The summed E-state index contributed by atoms with van der Waals surface area (Å²) in [7, 11) is -2.76. The van der Waals surface area contributed by atoms with E-state index in [-0.39, 0.29) is 16.3 Å². The zero-order valence-corrected chi connectivity index (χ0v) is 15.7. The van der Waals surface area contributed by atoms with Crippen LogP contribution in [0.4, 0.5) is 17.1 Å². The molecular formula is C18H21N3O5S. The van der Waals surface area contributed by atoms with E-state index in [1.165, 1.54) is 19.2 Å². The van der Waals surface area contributed by atoms with Gasteiger partial charge in [-0.05, 0) is 37.5 Å². The minimum absolute atomic E-state index is 0.0450. The quantitative estimate of drug-likeness (QED) is 0.598. The predicted molar refractivity (Wildman–Crippen MR) is 103 cm³/mol. The normalized spacial score (nSPS) is 14.6. The molecule has 1 saturated heterocycles. The largest absolute Gasteiger partial charge is 0.495 e. The van der Waals surface area contributed by atoms with Crippen molar-refractivity contribution in [1.29, 1.82) is 0 Å². The van der Waals surface area contributed by atoms with E-state index in [0.29, 0.717) is 5.69 Å². The van der Waals surface area contributed by atoms with Crippen LogP contribution in [0, 0.1) is 10.1 Å². The van der Waals surface area contributed by atoms with Crippen molar-refractivity contribution in [2.75, 3.05) is 29.8 Å². The van der Waals surface area contributed by atoms with E-state index in [4.69, 9.17) is 4.74 Å². The fraction of sp³-hybridized carbons (Fsp3) is 0.333. The first-order valence-corrected chi connectivity index (χ1v) is 10.1. The molecule has 1 heterocycles. The zero-order valence-electron chi connectivity index (χ0n) is 14.9. The molecular weight excluding hydrogens is 370 g/mol.